The van der Waals surface area contributed by atoms with Crippen molar-refractivity contribution in [1.82, 2.24) is 5.32 Å². The van der Waals surface area contributed by atoms with Crippen LogP contribution in [0.1, 0.15) is 11.6 Å². The van der Waals surface area contributed by atoms with Gasteiger partial charge in [-0.2, -0.15) is 0 Å². The van der Waals surface area contributed by atoms with Gasteiger partial charge in [0.15, 0.2) is 12.6 Å². The standard InChI is InChI=1S/C23H17NO6/c25-20(24-21(22(26)27)14-6-2-1-3-7-14)13-29-15-10-11-17-16-8-4-5-9-18(16)23(28)30-19(17)12-15/h1-12,21H,13H2,(H,24,25)(H,26,27)/t21-/m1/s1. The number of carbonyl (C=O) groups is 2. The molecule has 0 aliphatic carbocycles. The first-order valence-electron chi connectivity index (χ1n) is 9.18. The summed E-state index contributed by atoms with van der Waals surface area (Å²) in [6.45, 7) is -0.389. The number of amides is 1. The molecule has 0 aliphatic rings. The monoisotopic (exact) mass is 403 g/mol. The molecule has 0 bridgehead atoms. The predicted octanol–water partition coefficient (Wildman–Crippen LogP) is 3.27. The molecular formula is C23H17NO6. The van der Waals surface area contributed by atoms with Crippen LogP contribution in [0.3, 0.4) is 0 Å². The van der Waals surface area contributed by atoms with E-state index in [2.05, 4.69) is 5.32 Å². The first kappa shape index (κ1) is 19.2. The minimum atomic E-state index is -1.18. The fourth-order valence-electron chi connectivity index (χ4n) is 3.23. The Labute approximate surface area is 170 Å². The quantitative estimate of drug-likeness (QED) is 0.378. The van der Waals surface area contributed by atoms with Crippen LogP contribution >= 0.6 is 0 Å². The van der Waals surface area contributed by atoms with Crippen LogP contribution in [-0.2, 0) is 9.59 Å². The van der Waals surface area contributed by atoms with Gasteiger partial charge in [-0.05, 0) is 29.1 Å². The Hall–Kier alpha value is -4.13. The van der Waals surface area contributed by atoms with E-state index in [4.69, 9.17) is 9.15 Å². The van der Waals surface area contributed by atoms with E-state index in [9.17, 15) is 19.5 Å². The van der Waals surface area contributed by atoms with E-state index in [0.717, 1.165) is 10.8 Å². The van der Waals surface area contributed by atoms with Crippen molar-refractivity contribution < 1.29 is 23.8 Å². The van der Waals surface area contributed by atoms with Gasteiger partial charge >= 0.3 is 11.6 Å². The molecule has 1 amide bonds. The molecule has 1 heterocycles. The van der Waals surface area contributed by atoms with Gasteiger partial charge in [-0.15, -0.1) is 0 Å². The van der Waals surface area contributed by atoms with Gasteiger partial charge in [-0.3, -0.25) is 4.79 Å². The summed E-state index contributed by atoms with van der Waals surface area (Å²) >= 11 is 0. The Morgan fingerprint density at radius 2 is 1.63 bits per heavy atom. The first-order valence-corrected chi connectivity index (χ1v) is 9.18. The van der Waals surface area contributed by atoms with Gasteiger partial charge in [-0.25, -0.2) is 9.59 Å². The maximum atomic E-state index is 12.2. The Morgan fingerprint density at radius 3 is 2.37 bits per heavy atom. The topological polar surface area (TPSA) is 106 Å². The molecule has 7 nitrogen and oxygen atoms in total. The summed E-state index contributed by atoms with van der Waals surface area (Å²) in [5.74, 6) is -1.44. The number of rotatable bonds is 6. The van der Waals surface area contributed by atoms with Crippen LogP contribution in [-0.4, -0.2) is 23.6 Å². The molecule has 0 spiro atoms. The number of carboxylic acid groups (broad SMARTS) is 1. The highest BCUT2D eigenvalue weighted by Gasteiger charge is 2.22. The number of fused-ring (bicyclic) bond motifs is 3. The molecule has 1 aromatic heterocycles. The Morgan fingerprint density at radius 1 is 0.933 bits per heavy atom. The van der Waals surface area contributed by atoms with Gasteiger partial charge < -0.3 is 19.6 Å². The molecule has 4 rings (SSSR count). The number of nitrogens with one attached hydrogen (secondary N) is 1. The van der Waals surface area contributed by atoms with E-state index >= 15 is 0 Å². The molecule has 0 saturated carbocycles. The molecule has 4 aromatic rings. The largest absolute Gasteiger partial charge is 0.484 e. The highest BCUT2D eigenvalue weighted by atomic mass is 16.5. The number of hydrogen-bond donors (Lipinski definition) is 2. The molecular weight excluding hydrogens is 386 g/mol. The van der Waals surface area contributed by atoms with Crippen molar-refractivity contribution in [3.63, 3.8) is 0 Å². The van der Waals surface area contributed by atoms with Gasteiger partial charge in [0.2, 0.25) is 0 Å². The SMILES string of the molecule is O=C(COc1ccc2c(c1)oc(=O)c1ccccc12)N[C@@H](C(=O)O)c1ccccc1. The Bertz CT molecular complexity index is 1300. The summed E-state index contributed by atoms with van der Waals surface area (Å²) in [5, 5.41) is 13.8. The lowest BCUT2D eigenvalue weighted by Gasteiger charge is -2.15. The van der Waals surface area contributed by atoms with Crippen LogP contribution in [0, 0.1) is 0 Å². The molecule has 0 saturated heterocycles. The third kappa shape index (κ3) is 3.86. The normalized spacial score (nSPS) is 11.9. The van der Waals surface area contributed by atoms with E-state index < -0.39 is 23.5 Å². The van der Waals surface area contributed by atoms with Crippen molar-refractivity contribution in [1.29, 1.82) is 0 Å². The fraction of sp³-hybridized carbons (Fsp3) is 0.0870. The number of benzene rings is 3. The molecule has 150 valence electrons. The maximum Gasteiger partial charge on any atom is 0.344 e. The molecule has 3 aromatic carbocycles. The van der Waals surface area contributed by atoms with E-state index in [0.29, 0.717) is 22.3 Å². The minimum absolute atomic E-state index is 0.322. The zero-order valence-electron chi connectivity index (χ0n) is 15.7. The average Bonchev–Trinajstić information content (AvgIpc) is 2.76. The fourth-order valence-corrected chi connectivity index (χ4v) is 3.23. The summed E-state index contributed by atoms with van der Waals surface area (Å²) in [7, 11) is 0. The van der Waals surface area contributed by atoms with Crippen LogP contribution in [0.4, 0.5) is 0 Å². The number of hydrogen-bond acceptors (Lipinski definition) is 5. The molecule has 2 N–H and O–H groups in total. The number of carboxylic acids is 1. The molecule has 0 fully saturated rings. The summed E-state index contributed by atoms with van der Waals surface area (Å²) in [6.07, 6.45) is 0. The van der Waals surface area contributed by atoms with Crippen LogP contribution in [0.25, 0.3) is 21.7 Å². The van der Waals surface area contributed by atoms with Gasteiger partial charge in [0.1, 0.15) is 11.3 Å². The number of ether oxygens (including phenoxy) is 1. The van der Waals surface area contributed by atoms with E-state index in [1.165, 1.54) is 6.07 Å². The molecule has 0 aliphatic heterocycles. The second-order valence-corrected chi connectivity index (χ2v) is 6.63. The van der Waals surface area contributed by atoms with E-state index in [1.807, 2.05) is 12.1 Å². The lowest BCUT2D eigenvalue weighted by Crippen LogP contribution is -2.36. The van der Waals surface area contributed by atoms with Gasteiger partial charge in [0, 0.05) is 11.5 Å². The highest BCUT2D eigenvalue weighted by Crippen LogP contribution is 2.26. The zero-order valence-corrected chi connectivity index (χ0v) is 15.7. The van der Waals surface area contributed by atoms with Crippen molar-refractivity contribution in [2.45, 2.75) is 6.04 Å². The van der Waals surface area contributed by atoms with E-state index in [-0.39, 0.29) is 6.61 Å². The summed E-state index contributed by atoms with van der Waals surface area (Å²) in [5.41, 5.74) is 0.335. The van der Waals surface area contributed by atoms with Crippen molar-refractivity contribution >= 4 is 33.6 Å². The van der Waals surface area contributed by atoms with Crippen molar-refractivity contribution in [3.8, 4) is 5.75 Å². The molecule has 30 heavy (non-hydrogen) atoms. The summed E-state index contributed by atoms with van der Waals surface area (Å²) in [6, 6.07) is 19.3. The maximum absolute atomic E-state index is 12.2. The minimum Gasteiger partial charge on any atom is -0.484 e. The highest BCUT2D eigenvalue weighted by molar-refractivity contribution is 6.04. The first-order chi connectivity index (χ1) is 14.5. The average molecular weight is 403 g/mol. The van der Waals surface area contributed by atoms with Crippen molar-refractivity contribution in [2.24, 2.45) is 0 Å². The van der Waals surface area contributed by atoms with Gasteiger partial charge in [-0.1, -0.05) is 48.5 Å². The van der Waals surface area contributed by atoms with Gasteiger partial charge in [0.05, 0.1) is 5.39 Å². The summed E-state index contributed by atoms with van der Waals surface area (Å²) < 4.78 is 10.8. The molecule has 0 radical (unpaired) electrons. The summed E-state index contributed by atoms with van der Waals surface area (Å²) in [4.78, 5) is 35.9. The second-order valence-electron chi connectivity index (χ2n) is 6.63. The van der Waals surface area contributed by atoms with Crippen LogP contribution in [0.5, 0.6) is 5.75 Å². The second kappa shape index (κ2) is 8.08. The Balaban J connectivity index is 1.50. The zero-order chi connectivity index (χ0) is 21.1. The van der Waals surface area contributed by atoms with Crippen LogP contribution in [0.2, 0.25) is 0 Å². The predicted molar refractivity (Wildman–Crippen MR) is 110 cm³/mol. The lowest BCUT2D eigenvalue weighted by molar-refractivity contribution is -0.142. The number of carbonyl (C=O) groups excluding carboxylic acids is 1. The van der Waals surface area contributed by atoms with Crippen LogP contribution < -0.4 is 15.7 Å². The third-order valence-electron chi connectivity index (χ3n) is 4.65. The van der Waals surface area contributed by atoms with Crippen LogP contribution in [0.15, 0.2) is 82.0 Å². The van der Waals surface area contributed by atoms with Crippen molar-refractivity contribution in [3.05, 3.63) is 88.8 Å². The molecule has 7 heteroatoms. The van der Waals surface area contributed by atoms with Gasteiger partial charge in [0.25, 0.3) is 5.91 Å². The Kier molecular flexibility index (Phi) is 5.17. The van der Waals surface area contributed by atoms with E-state index in [1.54, 1.807) is 54.6 Å². The smallest absolute Gasteiger partial charge is 0.344 e. The van der Waals surface area contributed by atoms with Crippen molar-refractivity contribution in [2.75, 3.05) is 6.61 Å². The molecule has 0 unspecified atom stereocenters. The number of aliphatic carboxylic acids is 1. The molecule has 1 atom stereocenters. The third-order valence-corrected chi connectivity index (χ3v) is 4.65. The lowest BCUT2D eigenvalue weighted by atomic mass is 10.1.